The fourth-order valence-corrected chi connectivity index (χ4v) is 2.13. The van der Waals surface area contributed by atoms with E-state index in [1.165, 1.54) is 0 Å². The largest absolute Gasteiger partial charge is 0.500 e. The summed E-state index contributed by atoms with van der Waals surface area (Å²) in [7, 11) is 1.60. The molecule has 0 aliphatic heterocycles. The molecule has 4 nitrogen and oxygen atoms in total. The first-order valence-corrected chi connectivity index (χ1v) is 6.33. The summed E-state index contributed by atoms with van der Waals surface area (Å²) in [6.45, 7) is 10.3. The van der Waals surface area contributed by atoms with E-state index >= 15 is 0 Å². The predicted octanol–water partition coefficient (Wildman–Crippen LogP) is 2.93. The van der Waals surface area contributed by atoms with Crippen LogP contribution in [0.5, 0.6) is 0 Å². The second-order valence-corrected chi connectivity index (χ2v) is 5.35. The molecule has 4 heteroatoms. The molecule has 0 amide bonds. The Balaban J connectivity index is 3.20. The third-order valence-corrected chi connectivity index (χ3v) is 3.65. The summed E-state index contributed by atoms with van der Waals surface area (Å²) < 4.78 is 5.38. The second-order valence-electron chi connectivity index (χ2n) is 5.35. The van der Waals surface area contributed by atoms with E-state index in [0.29, 0.717) is 23.7 Å². The molecule has 0 bridgehead atoms. The van der Waals surface area contributed by atoms with Crippen molar-refractivity contribution in [2.45, 2.75) is 41.0 Å². The summed E-state index contributed by atoms with van der Waals surface area (Å²) in [5, 5.41) is 3.96. The summed E-state index contributed by atoms with van der Waals surface area (Å²) in [5.74, 6) is 0.756. The zero-order valence-corrected chi connectivity index (χ0v) is 12.2. The Morgan fingerprint density at radius 2 is 2.11 bits per heavy atom. The molecule has 0 saturated heterocycles. The minimum Gasteiger partial charge on any atom is -0.500 e. The van der Waals surface area contributed by atoms with Crippen LogP contribution in [0.2, 0.25) is 0 Å². The molecular weight excluding hydrogens is 230 g/mol. The van der Waals surface area contributed by atoms with Crippen molar-refractivity contribution in [3.8, 4) is 0 Å². The molecular formula is C14H23NO3. The Labute approximate surface area is 109 Å². The number of Topliss-reactive ketones (excluding diaryl/α,β-unsaturated/α-hetero) is 1. The maximum Gasteiger partial charge on any atom is 0.171 e. The van der Waals surface area contributed by atoms with Crippen molar-refractivity contribution in [2.24, 2.45) is 16.5 Å². The molecule has 1 unspecified atom stereocenters. The van der Waals surface area contributed by atoms with Gasteiger partial charge < -0.3 is 9.57 Å². The minimum atomic E-state index is -0.0855. The summed E-state index contributed by atoms with van der Waals surface area (Å²) in [4.78, 5) is 17.5. The number of methoxy groups -OCH3 is 1. The van der Waals surface area contributed by atoms with Gasteiger partial charge in [-0.25, -0.2) is 0 Å². The number of carbonyl (C=O) groups excluding carboxylic acids is 1. The number of carbonyl (C=O) groups is 1. The highest BCUT2D eigenvalue weighted by molar-refractivity contribution is 6.23. The topological polar surface area (TPSA) is 47.9 Å². The van der Waals surface area contributed by atoms with Gasteiger partial charge in [0.2, 0.25) is 0 Å². The molecule has 1 rings (SSSR count). The maximum absolute atomic E-state index is 12.4. The standard InChI is InChI=1S/C14H23NO3/c1-7-18-15-10(3)12-11(17-6)8-14(4,5)9(2)13(12)16/h9H,7-8H2,1-6H3/b15-10+. The van der Waals surface area contributed by atoms with Crippen LogP contribution < -0.4 is 0 Å². The van der Waals surface area contributed by atoms with Crippen molar-refractivity contribution in [3.05, 3.63) is 11.3 Å². The highest BCUT2D eigenvalue weighted by Crippen LogP contribution is 2.41. The van der Waals surface area contributed by atoms with Gasteiger partial charge in [0, 0.05) is 12.3 Å². The Hall–Kier alpha value is -1.32. The van der Waals surface area contributed by atoms with Crippen LogP contribution >= 0.6 is 0 Å². The number of hydrogen-bond donors (Lipinski definition) is 0. The van der Waals surface area contributed by atoms with Crippen LogP contribution in [0.25, 0.3) is 0 Å². The van der Waals surface area contributed by atoms with E-state index < -0.39 is 0 Å². The van der Waals surface area contributed by atoms with Crippen LogP contribution in [0.3, 0.4) is 0 Å². The minimum absolute atomic E-state index is 0.0434. The zero-order valence-electron chi connectivity index (χ0n) is 12.2. The van der Waals surface area contributed by atoms with Gasteiger partial charge in [-0.1, -0.05) is 25.9 Å². The number of rotatable bonds is 4. The highest BCUT2D eigenvalue weighted by atomic mass is 16.6. The van der Waals surface area contributed by atoms with E-state index in [-0.39, 0.29) is 17.1 Å². The second kappa shape index (κ2) is 5.55. The van der Waals surface area contributed by atoms with Crippen LogP contribution in [-0.4, -0.2) is 25.2 Å². The van der Waals surface area contributed by atoms with Crippen molar-refractivity contribution >= 4 is 11.5 Å². The molecule has 0 fully saturated rings. The molecule has 0 heterocycles. The first kappa shape index (κ1) is 14.7. The fourth-order valence-electron chi connectivity index (χ4n) is 2.13. The average Bonchev–Trinajstić information content (AvgIpc) is 2.32. The number of ether oxygens (including phenoxy) is 1. The predicted molar refractivity (Wildman–Crippen MR) is 71.3 cm³/mol. The lowest BCUT2D eigenvalue weighted by atomic mass is 9.68. The summed E-state index contributed by atoms with van der Waals surface area (Å²) in [6, 6.07) is 0. The summed E-state index contributed by atoms with van der Waals surface area (Å²) in [5.41, 5.74) is 1.09. The lowest BCUT2D eigenvalue weighted by Crippen LogP contribution is -2.37. The summed E-state index contributed by atoms with van der Waals surface area (Å²) in [6.07, 6.45) is 0.741. The fraction of sp³-hybridized carbons (Fsp3) is 0.714. The van der Waals surface area contributed by atoms with Gasteiger partial charge in [0.25, 0.3) is 0 Å². The van der Waals surface area contributed by atoms with Gasteiger partial charge in [-0.3, -0.25) is 4.79 Å². The molecule has 1 aliphatic carbocycles. The van der Waals surface area contributed by atoms with Crippen LogP contribution in [-0.2, 0) is 14.4 Å². The maximum atomic E-state index is 12.4. The molecule has 0 spiro atoms. The lowest BCUT2D eigenvalue weighted by Gasteiger charge is -2.36. The third kappa shape index (κ3) is 2.74. The number of oxime groups is 1. The average molecular weight is 253 g/mol. The van der Waals surface area contributed by atoms with Crippen molar-refractivity contribution in [1.82, 2.24) is 0 Å². The zero-order chi connectivity index (χ0) is 13.9. The smallest absolute Gasteiger partial charge is 0.171 e. The van der Waals surface area contributed by atoms with E-state index in [0.717, 1.165) is 6.42 Å². The third-order valence-electron chi connectivity index (χ3n) is 3.65. The van der Waals surface area contributed by atoms with E-state index in [2.05, 4.69) is 19.0 Å². The molecule has 0 N–H and O–H groups in total. The SMILES string of the molecule is CCO/N=C(\C)C1=C(OC)CC(C)(C)C(C)C1=O. The molecule has 1 atom stereocenters. The van der Waals surface area contributed by atoms with Crippen LogP contribution in [0.15, 0.2) is 16.5 Å². The monoisotopic (exact) mass is 253 g/mol. The molecule has 102 valence electrons. The van der Waals surface area contributed by atoms with Crippen molar-refractivity contribution in [3.63, 3.8) is 0 Å². The van der Waals surface area contributed by atoms with Crippen LogP contribution in [0.4, 0.5) is 0 Å². The van der Waals surface area contributed by atoms with Crippen LogP contribution in [0.1, 0.15) is 41.0 Å². The number of nitrogens with zero attached hydrogens (tertiary/aromatic N) is 1. The van der Waals surface area contributed by atoms with Crippen molar-refractivity contribution in [1.29, 1.82) is 0 Å². The van der Waals surface area contributed by atoms with Gasteiger partial charge in [0.15, 0.2) is 5.78 Å². The van der Waals surface area contributed by atoms with Gasteiger partial charge in [0.1, 0.15) is 12.4 Å². The van der Waals surface area contributed by atoms with Gasteiger partial charge >= 0.3 is 0 Å². The quantitative estimate of drug-likeness (QED) is 0.571. The Bertz CT molecular complexity index is 394. The van der Waals surface area contributed by atoms with Gasteiger partial charge in [0.05, 0.1) is 18.4 Å². The van der Waals surface area contributed by atoms with Gasteiger partial charge in [-0.15, -0.1) is 0 Å². The lowest BCUT2D eigenvalue weighted by molar-refractivity contribution is -0.123. The number of allylic oxidation sites excluding steroid dienone is 2. The Kier molecular flexibility index (Phi) is 4.54. The molecule has 0 aromatic rings. The molecule has 0 saturated carbocycles. The molecule has 0 aromatic heterocycles. The molecule has 0 aromatic carbocycles. The first-order valence-electron chi connectivity index (χ1n) is 6.33. The van der Waals surface area contributed by atoms with Gasteiger partial charge in [-0.05, 0) is 19.3 Å². The van der Waals surface area contributed by atoms with Crippen molar-refractivity contribution in [2.75, 3.05) is 13.7 Å². The first-order chi connectivity index (χ1) is 8.35. The number of hydrogen-bond acceptors (Lipinski definition) is 4. The highest BCUT2D eigenvalue weighted by Gasteiger charge is 2.41. The van der Waals surface area contributed by atoms with E-state index in [1.807, 2.05) is 13.8 Å². The molecule has 1 aliphatic rings. The molecule has 0 radical (unpaired) electrons. The van der Waals surface area contributed by atoms with E-state index in [4.69, 9.17) is 9.57 Å². The Morgan fingerprint density at radius 1 is 1.50 bits per heavy atom. The Morgan fingerprint density at radius 3 is 2.61 bits per heavy atom. The normalized spacial score (nSPS) is 24.2. The van der Waals surface area contributed by atoms with Crippen LogP contribution in [0, 0.1) is 11.3 Å². The van der Waals surface area contributed by atoms with Crippen molar-refractivity contribution < 1.29 is 14.4 Å². The molecule has 18 heavy (non-hydrogen) atoms. The van der Waals surface area contributed by atoms with E-state index in [1.54, 1.807) is 14.0 Å². The van der Waals surface area contributed by atoms with Gasteiger partial charge in [-0.2, -0.15) is 0 Å². The summed E-state index contributed by atoms with van der Waals surface area (Å²) >= 11 is 0. The van der Waals surface area contributed by atoms with E-state index in [9.17, 15) is 4.79 Å². The number of ketones is 1.